The van der Waals surface area contributed by atoms with E-state index in [1.165, 1.54) is 6.07 Å². The van der Waals surface area contributed by atoms with Gasteiger partial charge in [0.15, 0.2) is 0 Å². The van der Waals surface area contributed by atoms with Gasteiger partial charge in [-0.2, -0.15) is 18.4 Å². The molecule has 0 amide bonds. The van der Waals surface area contributed by atoms with E-state index in [0.29, 0.717) is 0 Å². The van der Waals surface area contributed by atoms with Crippen LogP contribution in [0.25, 0.3) is 0 Å². The number of methoxy groups -OCH3 is 1. The molecule has 0 spiro atoms. The summed E-state index contributed by atoms with van der Waals surface area (Å²) < 4.78 is 41.5. The summed E-state index contributed by atoms with van der Waals surface area (Å²) in [6.45, 7) is 0. The molecular formula is C8H5F3N2O. The van der Waals surface area contributed by atoms with Crippen LogP contribution in [0, 0.1) is 11.3 Å². The van der Waals surface area contributed by atoms with Gasteiger partial charge in [-0.1, -0.05) is 0 Å². The number of hydrogen-bond acceptors (Lipinski definition) is 3. The highest BCUT2D eigenvalue weighted by molar-refractivity contribution is 5.45. The van der Waals surface area contributed by atoms with E-state index in [0.717, 1.165) is 19.4 Å². The van der Waals surface area contributed by atoms with Gasteiger partial charge in [-0.15, -0.1) is 0 Å². The maximum atomic E-state index is 12.3. The van der Waals surface area contributed by atoms with Gasteiger partial charge in [-0.25, -0.2) is 4.98 Å². The second-order valence-corrected chi connectivity index (χ2v) is 2.35. The molecule has 3 nitrogen and oxygen atoms in total. The molecule has 1 rings (SSSR count). The third-order valence-corrected chi connectivity index (χ3v) is 1.53. The molecule has 0 radical (unpaired) electrons. The van der Waals surface area contributed by atoms with Gasteiger partial charge in [0.05, 0.1) is 12.7 Å². The van der Waals surface area contributed by atoms with E-state index in [9.17, 15) is 13.2 Å². The summed E-state index contributed by atoms with van der Waals surface area (Å²) in [6, 6.07) is 2.15. The Morgan fingerprint density at radius 3 is 2.57 bits per heavy atom. The fourth-order valence-electron chi connectivity index (χ4n) is 0.942. The largest absolute Gasteiger partial charge is 0.480 e. The van der Waals surface area contributed by atoms with Crippen molar-refractivity contribution in [3.05, 3.63) is 23.4 Å². The number of aromatic nitrogens is 1. The quantitative estimate of drug-likeness (QED) is 0.699. The molecular weight excluding hydrogens is 197 g/mol. The van der Waals surface area contributed by atoms with Gasteiger partial charge in [0.1, 0.15) is 11.6 Å². The molecule has 1 heterocycles. The Kier molecular flexibility index (Phi) is 2.60. The SMILES string of the molecule is COc1nccc(C(F)(F)F)c1C#N. The van der Waals surface area contributed by atoms with E-state index in [4.69, 9.17) is 5.26 Å². The Hall–Kier alpha value is -1.77. The van der Waals surface area contributed by atoms with Crippen LogP contribution in [-0.2, 0) is 6.18 Å². The monoisotopic (exact) mass is 202 g/mol. The van der Waals surface area contributed by atoms with Gasteiger partial charge in [0, 0.05) is 6.20 Å². The van der Waals surface area contributed by atoms with Crippen LogP contribution >= 0.6 is 0 Å². The number of halogens is 3. The van der Waals surface area contributed by atoms with E-state index in [2.05, 4.69) is 9.72 Å². The molecule has 0 unspecified atom stereocenters. The van der Waals surface area contributed by atoms with Crippen LogP contribution in [0.4, 0.5) is 13.2 Å². The van der Waals surface area contributed by atoms with Gasteiger partial charge in [-0.3, -0.25) is 0 Å². The Labute approximate surface area is 77.7 Å². The van der Waals surface area contributed by atoms with E-state index >= 15 is 0 Å². The predicted octanol–water partition coefficient (Wildman–Crippen LogP) is 1.98. The molecule has 0 atom stereocenters. The fraction of sp³-hybridized carbons (Fsp3) is 0.250. The number of nitriles is 1. The van der Waals surface area contributed by atoms with Crippen molar-refractivity contribution in [1.82, 2.24) is 4.98 Å². The molecule has 1 aromatic heterocycles. The van der Waals surface area contributed by atoms with Crippen molar-refractivity contribution in [2.24, 2.45) is 0 Å². The van der Waals surface area contributed by atoms with Crippen LogP contribution in [0.2, 0.25) is 0 Å². The molecule has 74 valence electrons. The van der Waals surface area contributed by atoms with Crippen molar-refractivity contribution >= 4 is 0 Å². The highest BCUT2D eigenvalue weighted by Gasteiger charge is 2.35. The van der Waals surface area contributed by atoms with Gasteiger partial charge in [-0.05, 0) is 6.07 Å². The number of rotatable bonds is 1. The lowest BCUT2D eigenvalue weighted by atomic mass is 10.1. The maximum absolute atomic E-state index is 12.3. The zero-order valence-electron chi connectivity index (χ0n) is 7.09. The first-order valence-electron chi connectivity index (χ1n) is 3.51. The Morgan fingerprint density at radius 2 is 2.14 bits per heavy atom. The lowest BCUT2D eigenvalue weighted by Crippen LogP contribution is -2.09. The van der Waals surface area contributed by atoms with Crippen LogP contribution in [0.15, 0.2) is 12.3 Å². The molecule has 6 heteroatoms. The van der Waals surface area contributed by atoms with Gasteiger partial charge >= 0.3 is 6.18 Å². The average molecular weight is 202 g/mol. The zero-order chi connectivity index (χ0) is 10.8. The summed E-state index contributed by atoms with van der Waals surface area (Å²) in [5.74, 6) is -0.317. The highest BCUT2D eigenvalue weighted by atomic mass is 19.4. The first-order chi connectivity index (χ1) is 6.50. The number of nitrogens with zero attached hydrogens (tertiary/aromatic N) is 2. The minimum Gasteiger partial charge on any atom is -0.480 e. The summed E-state index contributed by atoms with van der Waals surface area (Å²) in [5.41, 5.74) is -1.63. The zero-order valence-corrected chi connectivity index (χ0v) is 7.09. The molecule has 0 aromatic carbocycles. The second-order valence-electron chi connectivity index (χ2n) is 2.35. The molecule has 0 aliphatic heterocycles. The summed E-state index contributed by atoms with van der Waals surface area (Å²) in [4.78, 5) is 3.50. The molecule has 0 N–H and O–H groups in total. The summed E-state index contributed by atoms with van der Waals surface area (Å²) in [6.07, 6.45) is -3.62. The smallest absolute Gasteiger partial charge is 0.417 e. The molecule has 0 bridgehead atoms. The standard InChI is InChI=1S/C8H5F3N2O/c1-14-7-5(4-12)6(2-3-13-7)8(9,10)11/h2-3H,1H3. The lowest BCUT2D eigenvalue weighted by molar-refractivity contribution is -0.137. The molecule has 0 saturated carbocycles. The van der Waals surface area contributed by atoms with Crippen molar-refractivity contribution in [1.29, 1.82) is 5.26 Å². The van der Waals surface area contributed by atoms with Gasteiger partial charge in [0.2, 0.25) is 5.88 Å². The third-order valence-electron chi connectivity index (χ3n) is 1.53. The molecule has 14 heavy (non-hydrogen) atoms. The molecule has 0 saturated heterocycles. The number of hydrogen-bond donors (Lipinski definition) is 0. The molecule has 0 aliphatic rings. The van der Waals surface area contributed by atoms with Crippen molar-refractivity contribution in [2.45, 2.75) is 6.18 Å². The van der Waals surface area contributed by atoms with Gasteiger partial charge < -0.3 is 4.74 Å². The van der Waals surface area contributed by atoms with Crippen LogP contribution in [0.5, 0.6) is 5.88 Å². The van der Waals surface area contributed by atoms with Crippen molar-refractivity contribution in [3.63, 3.8) is 0 Å². The normalized spacial score (nSPS) is 10.8. The fourth-order valence-corrected chi connectivity index (χ4v) is 0.942. The molecule has 0 fully saturated rings. The van der Waals surface area contributed by atoms with Crippen molar-refractivity contribution in [2.75, 3.05) is 7.11 Å². The number of pyridine rings is 1. The average Bonchev–Trinajstić information content (AvgIpc) is 2.15. The highest BCUT2D eigenvalue weighted by Crippen LogP contribution is 2.34. The van der Waals surface area contributed by atoms with E-state index in [1.54, 1.807) is 0 Å². The minimum atomic E-state index is -4.57. The third kappa shape index (κ3) is 1.76. The lowest BCUT2D eigenvalue weighted by Gasteiger charge is -2.09. The van der Waals surface area contributed by atoms with Crippen molar-refractivity contribution < 1.29 is 17.9 Å². The van der Waals surface area contributed by atoms with E-state index in [1.807, 2.05) is 0 Å². The van der Waals surface area contributed by atoms with Crippen LogP contribution < -0.4 is 4.74 Å². The predicted molar refractivity (Wildman–Crippen MR) is 40.5 cm³/mol. The molecule has 0 aliphatic carbocycles. The summed E-state index contributed by atoms with van der Waals surface area (Å²) in [5, 5.41) is 8.52. The number of ether oxygens (including phenoxy) is 1. The topological polar surface area (TPSA) is 45.9 Å². The Bertz CT molecular complexity index is 381. The van der Waals surface area contributed by atoms with Crippen molar-refractivity contribution in [3.8, 4) is 11.9 Å². The summed E-state index contributed by atoms with van der Waals surface area (Å²) >= 11 is 0. The minimum absolute atomic E-state index is 0.317. The molecule has 1 aromatic rings. The van der Waals surface area contributed by atoms with Crippen LogP contribution in [-0.4, -0.2) is 12.1 Å². The number of alkyl halides is 3. The first kappa shape index (κ1) is 10.3. The summed E-state index contributed by atoms with van der Waals surface area (Å²) in [7, 11) is 1.16. The van der Waals surface area contributed by atoms with E-state index < -0.39 is 17.3 Å². The van der Waals surface area contributed by atoms with E-state index in [-0.39, 0.29) is 5.88 Å². The first-order valence-corrected chi connectivity index (χ1v) is 3.51. The Balaban J connectivity index is 3.39. The maximum Gasteiger partial charge on any atom is 0.417 e. The Morgan fingerprint density at radius 1 is 1.50 bits per heavy atom. The van der Waals surface area contributed by atoms with Crippen LogP contribution in [0.1, 0.15) is 11.1 Å². The van der Waals surface area contributed by atoms with Crippen LogP contribution in [0.3, 0.4) is 0 Å². The second kappa shape index (κ2) is 3.54. The van der Waals surface area contributed by atoms with Gasteiger partial charge in [0.25, 0.3) is 0 Å².